The van der Waals surface area contributed by atoms with Crippen LogP contribution in [0.1, 0.15) is 42.4 Å². The van der Waals surface area contributed by atoms with Crippen LogP contribution in [0.4, 0.5) is 0 Å². The molecule has 0 amide bonds. The number of hydrogen-bond donors (Lipinski definition) is 0. The average molecular weight is 302 g/mol. The van der Waals surface area contributed by atoms with Gasteiger partial charge in [-0.25, -0.2) is 0 Å². The molecule has 2 heterocycles. The maximum Gasteiger partial charge on any atom is 0.122 e. The Labute approximate surface area is 135 Å². The van der Waals surface area contributed by atoms with Gasteiger partial charge in [0.15, 0.2) is 0 Å². The molecule has 3 nitrogen and oxygen atoms in total. The first kappa shape index (κ1) is 15.8. The summed E-state index contributed by atoms with van der Waals surface area (Å²) in [5, 5.41) is 0. The quantitative estimate of drug-likeness (QED) is 0.848. The van der Waals surface area contributed by atoms with Crippen molar-refractivity contribution >= 4 is 0 Å². The molecule has 1 aromatic carbocycles. The second kappa shape index (κ2) is 7.01. The van der Waals surface area contributed by atoms with Gasteiger partial charge >= 0.3 is 0 Å². The highest BCUT2D eigenvalue weighted by atomic mass is 16.5. The number of piperidine rings is 1. The fourth-order valence-electron chi connectivity index (χ4n) is 4.06. The summed E-state index contributed by atoms with van der Waals surface area (Å²) >= 11 is 0. The number of hydrogen-bond acceptors (Lipinski definition) is 3. The third-order valence-corrected chi connectivity index (χ3v) is 5.60. The highest BCUT2D eigenvalue weighted by Gasteiger charge is 2.27. The molecular formula is C19H30N2O. The van der Waals surface area contributed by atoms with E-state index in [9.17, 15) is 0 Å². The summed E-state index contributed by atoms with van der Waals surface area (Å²) in [5.41, 5.74) is 4.14. The summed E-state index contributed by atoms with van der Waals surface area (Å²) in [6.45, 7) is 10.6. The van der Waals surface area contributed by atoms with Gasteiger partial charge in [0, 0.05) is 19.1 Å². The standard InChI is InChI=1S/C19H30N2O/c1-15-16(2)19(22-3)9-8-17(15)13-20-10-6-7-18(14-20)21-11-4-5-12-21/h8-9,18H,4-7,10-14H2,1-3H3. The van der Waals surface area contributed by atoms with Crippen LogP contribution in [0.15, 0.2) is 12.1 Å². The van der Waals surface area contributed by atoms with Crippen molar-refractivity contribution in [1.82, 2.24) is 9.80 Å². The Kier molecular flexibility index (Phi) is 5.04. The predicted molar refractivity (Wildman–Crippen MR) is 91.6 cm³/mol. The highest BCUT2D eigenvalue weighted by molar-refractivity contribution is 5.43. The van der Waals surface area contributed by atoms with Gasteiger partial charge in [0.2, 0.25) is 0 Å². The fourth-order valence-corrected chi connectivity index (χ4v) is 4.06. The summed E-state index contributed by atoms with van der Waals surface area (Å²) in [5.74, 6) is 1.01. The zero-order valence-corrected chi connectivity index (χ0v) is 14.4. The van der Waals surface area contributed by atoms with Gasteiger partial charge in [-0.3, -0.25) is 9.80 Å². The van der Waals surface area contributed by atoms with Gasteiger partial charge in [-0.05, 0) is 81.9 Å². The van der Waals surface area contributed by atoms with Crippen molar-refractivity contribution < 1.29 is 4.74 Å². The lowest BCUT2D eigenvalue weighted by molar-refractivity contribution is 0.110. The molecular weight excluding hydrogens is 272 g/mol. The lowest BCUT2D eigenvalue weighted by Gasteiger charge is -2.38. The molecule has 0 N–H and O–H groups in total. The molecule has 0 aliphatic carbocycles. The molecule has 0 saturated carbocycles. The van der Waals surface area contributed by atoms with E-state index in [-0.39, 0.29) is 0 Å². The van der Waals surface area contributed by atoms with Gasteiger partial charge in [0.1, 0.15) is 5.75 Å². The summed E-state index contributed by atoms with van der Waals surface area (Å²) < 4.78 is 5.44. The molecule has 3 heteroatoms. The van der Waals surface area contributed by atoms with Gasteiger partial charge in [0.25, 0.3) is 0 Å². The van der Waals surface area contributed by atoms with Crippen LogP contribution in [0.3, 0.4) is 0 Å². The van der Waals surface area contributed by atoms with E-state index in [0.717, 1.165) is 18.3 Å². The van der Waals surface area contributed by atoms with Crippen LogP contribution in [0, 0.1) is 13.8 Å². The van der Waals surface area contributed by atoms with Crippen molar-refractivity contribution in [3.05, 3.63) is 28.8 Å². The van der Waals surface area contributed by atoms with E-state index in [1.54, 1.807) is 7.11 Å². The molecule has 22 heavy (non-hydrogen) atoms. The molecule has 1 atom stereocenters. The molecule has 0 aromatic heterocycles. The van der Waals surface area contributed by atoms with Crippen LogP contribution in [0.2, 0.25) is 0 Å². The zero-order valence-electron chi connectivity index (χ0n) is 14.4. The zero-order chi connectivity index (χ0) is 15.5. The van der Waals surface area contributed by atoms with Crippen LogP contribution >= 0.6 is 0 Å². The van der Waals surface area contributed by atoms with Gasteiger partial charge in [-0.2, -0.15) is 0 Å². The van der Waals surface area contributed by atoms with Crippen LogP contribution in [-0.4, -0.2) is 49.1 Å². The first-order valence-corrected chi connectivity index (χ1v) is 8.78. The summed E-state index contributed by atoms with van der Waals surface area (Å²) in [7, 11) is 1.76. The van der Waals surface area contributed by atoms with Crippen molar-refractivity contribution in [3.8, 4) is 5.75 Å². The Morgan fingerprint density at radius 2 is 1.82 bits per heavy atom. The predicted octanol–water partition coefficient (Wildman–Crippen LogP) is 3.37. The Hall–Kier alpha value is -1.06. The van der Waals surface area contributed by atoms with E-state index in [0.29, 0.717) is 0 Å². The molecule has 122 valence electrons. The van der Waals surface area contributed by atoms with Crippen LogP contribution in [-0.2, 0) is 6.54 Å². The molecule has 3 rings (SSSR count). The third-order valence-electron chi connectivity index (χ3n) is 5.60. The van der Waals surface area contributed by atoms with Crippen molar-refractivity contribution in [2.75, 3.05) is 33.3 Å². The summed E-state index contributed by atoms with van der Waals surface area (Å²) in [4.78, 5) is 5.37. The number of rotatable bonds is 4. The molecule has 2 aliphatic rings. The lowest BCUT2D eigenvalue weighted by Crippen LogP contribution is -2.46. The number of likely N-dealkylation sites (tertiary alicyclic amines) is 2. The maximum absolute atomic E-state index is 5.44. The molecule has 0 radical (unpaired) electrons. The van der Waals surface area contributed by atoms with Crippen molar-refractivity contribution in [3.63, 3.8) is 0 Å². The van der Waals surface area contributed by atoms with Gasteiger partial charge in [0.05, 0.1) is 7.11 Å². The van der Waals surface area contributed by atoms with E-state index in [2.05, 4.69) is 35.8 Å². The van der Waals surface area contributed by atoms with E-state index in [4.69, 9.17) is 4.74 Å². The van der Waals surface area contributed by atoms with Crippen LogP contribution in [0.5, 0.6) is 5.75 Å². The van der Waals surface area contributed by atoms with Crippen molar-refractivity contribution in [1.29, 1.82) is 0 Å². The minimum Gasteiger partial charge on any atom is -0.496 e. The molecule has 2 fully saturated rings. The van der Waals surface area contributed by atoms with Crippen LogP contribution < -0.4 is 4.74 Å². The first-order chi connectivity index (χ1) is 10.7. The third kappa shape index (κ3) is 3.31. The molecule has 0 bridgehead atoms. The normalized spacial score (nSPS) is 23.9. The molecule has 0 spiro atoms. The highest BCUT2D eigenvalue weighted by Crippen LogP contribution is 2.26. The Balaban J connectivity index is 1.66. The lowest BCUT2D eigenvalue weighted by atomic mass is 9.99. The van der Waals surface area contributed by atoms with Crippen molar-refractivity contribution in [2.45, 2.75) is 52.1 Å². The molecule has 1 unspecified atom stereocenters. The SMILES string of the molecule is COc1ccc(CN2CCCC(N3CCCC3)C2)c(C)c1C. The molecule has 1 aromatic rings. The van der Waals surface area contributed by atoms with Crippen molar-refractivity contribution in [2.24, 2.45) is 0 Å². The summed E-state index contributed by atoms with van der Waals surface area (Å²) in [6.07, 6.45) is 5.52. The Morgan fingerprint density at radius 3 is 2.55 bits per heavy atom. The average Bonchev–Trinajstić information content (AvgIpc) is 3.07. The second-order valence-corrected chi connectivity index (χ2v) is 6.95. The maximum atomic E-state index is 5.44. The van der Waals surface area contributed by atoms with Crippen LogP contribution in [0.25, 0.3) is 0 Å². The number of nitrogens with zero attached hydrogens (tertiary/aromatic N) is 2. The second-order valence-electron chi connectivity index (χ2n) is 6.95. The Morgan fingerprint density at radius 1 is 1.05 bits per heavy atom. The fraction of sp³-hybridized carbons (Fsp3) is 0.684. The number of benzene rings is 1. The molecule has 2 saturated heterocycles. The van der Waals surface area contributed by atoms with E-state index < -0.39 is 0 Å². The first-order valence-electron chi connectivity index (χ1n) is 8.78. The molecule has 2 aliphatic heterocycles. The smallest absolute Gasteiger partial charge is 0.122 e. The van der Waals surface area contributed by atoms with E-state index >= 15 is 0 Å². The van der Waals surface area contributed by atoms with E-state index in [1.165, 1.54) is 68.6 Å². The number of methoxy groups -OCH3 is 1. The van der Waals surface area contributed by atoms with Gasteiger partial charge in [-0.15, -0.1) is 0 Å². The van der Waals surface area contributed by atoms with E-state index in [1.807, 2.05) is 0 Å². The largest absolute Gasteiger partial charge is 0.496 e. The minimum absolute atomic E-state index is 0.788. The monoisotopic (exact) mass is 302 g/mol. The van der Waals surface area contributed by atoms with Gasteiger partial charge < -0.3 is 4.74 Å². The topological polar surface area (TPSA) is 15.7 Å². The number of ether oxygens (including phenoxy) is 1. The minimum atomic E-state index is 0.788. The Bertz CT molecular complexity index is 508. The van der Waals surface area contributed by atoms with Gasteiger partial charge in [-0.1, -0.05) is 6.07 Å². The summed E-state index contributed by atoms with van der Waals surface area (Å²) in [6, 6.07) is 5.16.